The molecule has 8 heteroatoms. The highest BCUT2D eigenvalue weighted by Crippen LogP contribution is 2.27. The second-order valence-electron chi connectivity index (χ2n) is 3.88. The highest BCUT2D eigenvalue weighted by molar-refractivity contribution is 14.1. The van der Waals surface area contributed by atoms with Gasteiger partial charge >= 0.3 is 0 Å². The van der Waals surface area contributed by atoms with Crippen LogP contribution in [0.1, 0.15) is 0 Å². The van der Waals surface area contributed by atoms with Crippen molar-refractivity contribution in [2.75, 3.05) is 10.5 Å². The van der Waals surface area contributed by atoms with Crippen molar-refractivity contribution in [2.45, 2.75) is 4.90 Å². The van der Waals surface area contributed by atoms with Gasteiger partial charge in [0.25, 0.3) is 10.0 Å². The second kappa shape index (κ2) is 5.74. The number of hydrogen-bond acceptors (Lipinski definition) is 3. The van der Waals surface area contributed by atoms with E-state index < -0.39 is 21.5 Å². The quantitative estimate of drug-likeness (QED) is 0.583. The Morgan fingerprint density at radius 3 is 2.60 bits per heavy atom. The third kappa shape index (κ3) is 3.15. The molecule has 0 heterocycles. The Morgan fingerprint density at radius 2 is 1.95 bits per heavy atom. The van der Waals surface area contributed by atoms with E-state index >= 15 is 0 Å². The number of nitrogens with two attached hydrogens (primary N) is 1. The third-order valence-electron chi connectivity index (χ3n) is 2.48. The van der Waals surface area contributed by atoms with E-state index in [2.05, 4.69) is 4.72 Å². The molecular weight excluding hydrogens is 418 g/mol. The van der Waals surface area contributed by atoms with Crippen LogP contribution in [-0.2, 0) is 10.0 Å². The summed E-state index contributed by atoms with van der Waals surface area (Å²) in [6, 6.07) is 8.31. The molecule has 2 aromatic rings. The van der Waals surface area contributed by atoms with Crippen LogP contribution in [0.3, 0.4) is 0 Å². The Kier molecular flexibility index (Phi) is 4.40. The van der Waals surface area contributed by atoms with Crippen molar-refractivity contribution in [3.8, 4) is 0 Å². The van der Waals surface area contributed by atoms with Crippen LogP contribution in [-0.4, -0.2) is 8.42 Å². The largest absolute Gasteiger partial charge is 0.395 e. The number of anilines is 2. The zero-order valence-electron chi connectivity index (χ0n) is 9.90. The van der Waals surface area contributed by atoms with Crippen molar-refractivity contribution in [3.63, 3.8) is 0 Å². The Labute approximate surface area is 134 Å². The number of para-hydroxylation sites is 1. The number of rotatable bonds is 3. The lowest BCUT2D eigenvalue weighted by Crippen LogP contribution is -2.16. The molecule has 20 heavy (non-hydrogen) atoms. The fourth-order valence-corrected chi connectivity index (χ4v) is 3.94. The molecular formula is C12H9ClFIN2O2S. The molecule has 106 valence electrons. The van der Waals surface area contributed by atoms with Crippen molar-refractivity contribution in [1.82, 2.24) is 0 Å². The minimum atomic E-state index is -3.96. The monoisotopic (exact) mass is 426 g/mol. The van der Waals surface area contributed by atoms with E-state index in [1.165, 1.54) is 18.2 Å². The summed E-state index contributed by atoms with van der Waals surface area (Å²) in [6.45, 7) is 0. The maximum absolute atomic E-state index is 13.3. The molecule has 0 fully saturated rings. The summed E-state index contributed by atoms with van der Waals surface area (Å²) < 4.78 is 40.8. The SMILES string of the molecule is Nc1c(F)cccc1S(=O)(=O)Nc1ccc(Cl)cc1I. The highest BCUT2D eigenvalue weighted by Gasteiger charge is 2.20. The lowest BCUT2D eigenvalue weighted by atomic mass is 10.3. The number of sulfonamides is 1. The molecule has 0 aliphatic rings. The van der Waals surface area contributed by atoms with E-state index in [0.717, 1.165) is 6.07 Å². The molecule has 4 nitrogen and oxygen atoms in total. The van der Waals surface area contributed by atoms with Gasteiger partial charge in [-0.3, -0.25) is 4.72 Å². The number of nitrogen functional groups attached to an aromatic ring is 1. The lowest BCUT2D eigenvalue weighted by molar-refractivity contribution is 0.597. The first-order valence-electron chi connectivity index (χ1n) is 5.33. The smallest absolute Gasteiger partial charge is 0.264 e. The van der Waals surface area contributed by atoms with Gasteiger partial charge in [0.2, 0.25) is 0 Å². The number of nitrogens with one attached hydrogen (secondary N) is 1. The van der Waals surface area contributed by atoms with Crippen molar-refractivity contribution < 1.29 is 12.8 Å². The summed E-state index contributed by atoms with van der Waals surface area (Å²) >= 11 is 7.74. The van der Waals surface area contributed by atoms with Crippen LogP contribution in [0.15, 0.2) is 41.3 Å². The van der Waals surface area contributed by atoms with E-state index in [0.29, 0.717) is 14.3 Å². The summed E-state index contributed by atoms with van der Waals surface area (Å²) in [4.78, 5) is -0.303. The molecule has 0 aliphatic heterocycles. The van der Waals surface area contributed by atoms with Crippen LogP contribution >= 0.6 is 34.2 Å². The van der Waals surface area contributed by atoms with Crippen LogP contribution in [0.5, 0.6) is 0 Å². The normalized spacial score (nSPS) is 11.3. The Hall–Kier alpha value is -1.06. The Bertz CT molecular complexity index is 768. The summed E-state index contributed by atoms with van der Waals surface area (Å²) in [5, 5.41) is 0.489. The number of halogens is 3. The molecule has 0 unspecified atom stereocenters. The van der Waals surface area contributed by atoms with Gasteiger partial charge in [-0.05, 0) is 52.9 Å². The lowest BCUT2D eigenvalue weighted by Gasteiger charge is -2.12. The van der Waals surface area contributed by atoms with E-state index in [4.69, 9.17) is 17.3 Å². The van der Waals surface area contributed by atoms with Gasteiger partial charge in [0, 0.05) is 8.59 Å². The molecule has 3 N–H and O–H groups in total. The van der Waals surface area contributed by atoms with E-state index in [-0.39, 0.29) is 4.90 Å². The van der Waals surface area contributed by atoms with Gasteiger partial charge in [-0.25, -0.2) is 12.8 Å². The molecule has 0 aromatic heterocycles. The molecule has 0 saturated carbocycles. The predicted molar refractivity (Wildman–Crippen MR) is 85.8 cm³/mol. The summed E-state index contributed by atoms with van der Waals surface area (Å²) in [6.07, 6.45) is 0. The first-order chi connectivity index (χ1) is 9.31. The zero-order valence-corrected chi connectivity index (χ0v) is 13.6. The topological polar surface area (TPSA) is 72.2 Å². The third-order valence-corrected chi connectivity index (χ3v) is 5.03. The van der Waals surface area contributed by atoms with Crippen LogP contribution in [0.4, 0.5) is 15.8 Å². The first-order valence-corrected chi connectivity index (χ1v) is 8.27. The minimum absolute atomic E-state index is 0.303. The first kappa shape index (κ1) is 15.3. The van der Waals surface area contributed by atoms with Gasteiger partial charge in [-0.15, -0.1) is 0 Å². The molecule has 0 atom stereocenters. The maximum Gasteiger partial charge on any atom is 0.264 e. The molecule has 0 amide bonds. The molecule has 0 saturated heterocycles. The fourth-order valence-electron chi connectivity index (χ4n) is 1.52. The van der Waals surface area contributed by atoms with Crippen molar-refractivity contribution in [2.24, 2.45) is 0 Å². The van der Waals surface area contributed by atoms with E-state index in [9.17, 15) is 12.8 Å². The van der Waals surface area contributed by atoms with Gasteiger partial charge in [0.1, 0.15) is 10.7 Å². The molecule has 0 spiro atoms. The van der Waals surface area contributed by atoms with Gasteiger partial charge in [0.15, 0.2) is 0 Å². The Morgan fingerprint density at radius 1 is 1.25 bits per heavy atom. The van der Waals surface area contributed by atoms with E-state index in [1.54, 1.807) is 12.1 Å². The fraction of sp³-hybridized carbons (Fsp3) is 0. The predicted octanol–water partition coefficient (Wildman–Crippen LogP) is 3.47. The van der Waals surface area contributed by atoms with Crippen molar-refractivity contribution in [1.29, 1.82) is 0 Å². The van der Waals surface area contributed by atoms with Crippen LogP contribution in [0.25, 0.3) is 0 Å². The van der Waals surface area contributed by atoms with Gasteiger partial charge in [-0.1, -0.05) is 17.7 Å². The zero-order chi connectivity index (χ0) is 14.9. The van der Waals surface area contributed by atoms with E-state index in [1.807, 2.05) is 22.6 Å². The average Bonchev–Trinajstić information content (AvgIpc) is 2.36. The summed E-state index contributed by atoms with van der Waals surface area (Å²) in [5.74, 6) is -0.779. The minimum Gasteiger partial charge on any atom is -0.395 e. The average molecular weight is 427 g/mol. The summed E-state index contributed by atoms with van der Waals surface area (Å²) in [7, 11) is -3.96. The maximum atomic E-state index is 13.3. The van der Waals surface area contributed by atoms with Gasteiger partial charge < -0.3 is 5.73 Å². The standard InChI is InChI=1S/C12H9ClFIN2O2S/c13-7-4-5-10(9(15)6-7)17-20(18,19)11-3-1-2-8(14)12(11)16/h1-6,17H,16H2. The number of benzene rings is 2. The number of hydrogen-bond donors (Lipinski definition) is 2. The molecule has 0 aliphatic carbocycles. The highest BCUT2D eigenvalue weighted by atomic mass is 127. The van der Waals surface area contributed by atoms with Crippen molar-refractivity contribution in [3.05, 3.63) is 50.8 Å². The summed E-state index contributed by atoms with van der Waals surface area (Å²) in [5.41, 5.74) is 5.40. The van der Waals surface area contributed by atoms with Crippen LogP contribution in [0, 0.1) is 9.39 Å². The second-order valence-corrected chi connectivity index (χ2v) is 7.13. The molecule has 2 rings (SSSR count). The molecule has 2 aromatic carbocycles. The molecule has 0 bridgehead atoms. The Balaban J connectivity index is 2.44. The van der Waals surface area contributed by atoms with Gasteiger partial charge in [-0.2, -0.15) is 0 Å². The molecule has 0 radical (unpaired) electrons. The van der Waals surface area contributed by atoms with Gasteiger partial charge in [0.05, 0.1) is 11.4 Å². The van der Waals surface area contributed by atoms with Crippen LogP contribution < -0.4 is 10.5 Å². The van der Waals surface area contributed by atoms with Crippen LogP contribution in [0.2, 0.25) is 5.02 Å². The van der Waals surface area contributed by atoms with Crippen molar-refractivity contribution >= 4 is 55.6 Å².